The minimum atomic E-state index is -0.829. The highest BCUT2D eigenvalue weighted by Crippen LogP contribution is 2.32. The van der Waals surface area contributed by atoms with Crippen molar-refractivity contribution >= 4 is 23.1 Å². The zero-order valence-corrected chi connectivity index (χ0v) is 16.6. The van der Waals surface area contributed by atoms with Gasteiger partial charge < -0.3 is 15.6 Å². The van der Waals surface area contributed by atoms with Crippen LogP contribution in [0.15, 0.2) is 54.6 Å². The Morgan fingerprint density at radius 2 is 1.67 bits per heavy atom. The van der Waals surface area contributed by atoms with Crippen LogP contribution in [0.2, 0.25) is 0 Å². The van der Waals surface area contributed by atoms with E-state index in [1.807, 2.05) is 75.4 Å². The molecule has 3 N–H and O–H groups in total. The Bertz CT molecular complexity index is 980. The third-order valence-corrected chi connectivity index (χ3v) is 4.90. The molecule has 0 bridgehead atoms. The molecule has 0 unspecified atom stereocenters. The lowest BCUT2D eigenvalue weighted by Crippen LogP contribution is -2.30. The van der Waals surface area contributed by atoms with Crippen LogP contribution in [0.3, 0.4) is 0 Å². The average molecular weight is 384 g/mol. The molecule has 1 aromatic heterocycles. The molecule has 0 saturated heterocycles. The third kappa shape index (κ3) is 4.18. The van der Waals surface area contributed by atoms with Gasteiger partial charge in [-0.1, -0.05) is 75.5 Å². The monoisotopic (exact) mass is 383 g/mol. The smallest absolute Gasteiger partial charge is 0.158 e. The molecule has 0 aliphatic rings. The van der Waals surface area contributed by atoms with E-state index in [2.05, 4.69) is 10.4 Å². The molecule has 3 rings (SSSR count). The second-order valence-corrected chi connectivity index (χ2v) is 8.07. The maximum atomic E-state index is 10.9. The van der Waals surface area contributed by atoms with Gasteiger partial charge in [0.25, 0.3) is 0 Å². The summed E-state index contributed by atoms with van der Waals surface area (Å²) in [5, 5.41) is 22.2. The number of nitrogens with one attached hydrogen (secondary N) is 1. The highest BCUT2D eigenvalue weighted by Gasteiger charge is 2.28. The molecule has 0 amide bonds. The van der Waals surface area contributed by atoms with Crippen LogP contribution in [0.5, 0.6) is 0 Å². The number of hydrogen-bond acceptors (Lipinski definition) is 5. The van der Waals surface area contributed by atoms with Gasteiger partial charge in [-0.05, 0) is 23.1 Å². The first kappa shape index (κ1) is 19.5. The summed E-state index contributed by atoms with van der Waals surface area (Å²) in [6, 6.07) is 17.0. The Hall–Kier alpha value is -2.28. The zero-order valence-electron chi connectivity index (χ0n) is 15.8. The van der Waals surface area contributed by atoms with Crippen LogP contribution in [-0.4, -0.2) is 26.4 Å². The molecule has 27 heavy (non-hydrogen) atoms. The summed E-state index contributed by atoms with van der Waals surface area (Å²) >= 11 is 5.66. The highest BCUT2D eigenvalue weighted by molar-refractivity contribution is 7.71. The number of rotatable bonds is 5. The lowest BCUT2D eigenvalue weighted by atomic mass is 9.88. The number of benzene rings is 2. The first-order valence-electron chi connectivity index (χ1n) is 8.95. The van der Waals surface area contributed by atoms with Crippen molar-refractivity contribution in [1.82, 2.24) is 9.66 Å². The summed E-state index contributed by atoms with van der Waals surface area (Å²) in [7, 11) is 0. The Morgan fingerprint density at radius 3 is 2.33 bits per heavy atom. The topological polar surface area (TPSA) is 70.3 Å². The quantitative estimate of drug-likeness (QED) is 0.578. The summed E-state index contributed by atoms with van der Waals surface area (Å²) < 4.78 is 2.15. The maximum Gasteiger partial charge on any atom is 0.158 e. The van der Waals surface area contributed by atoms with Crippen LogP contribution in [0.1, 0.15) is 44.4 Å². The van der Waals surface area contributed by atoms with Gasteiger partial charge in [0.15, 0.2) is 5.82 Å². The molecule has 2 atom stereocenters. The van der Waals surface area contributed by atoms with Crippen molar-refractivity contribution in [2.45, 2.75) is 33.0 Å². The van der Waals surface area contributed by atoms with Crippen molar-refractivity contribution < 1.29 is 10.2 Å². The normalized spacial score (nSPS) is 14.1. The highest BCUT2D eigenvalue weighted by atomic mass is 32.1. The zero-order chi connectivity index (χ0) is 19.6. The fourth-order valence-corrected chi connectivity index (χ4v) is 3.17. The molecule has 0 aliphatic carbocycles. The van der Waals surface area contributed by atoms with Crippen molar-refractivity contribution in [2.24, 2.45) is 5.41 Å². The first-order chi connectivity index (χ1) is 12.8. The van der Waals surface area contributed by atoms with Gasteiger partial charge in [0.2, 0.25) is 0 Å². The van der Waals surface area contributed by atoms with Crippen LogP contribution in [0.25, 0.3) is 10.9 Å². The number of aromatic nitrogens is 2. The summed E-state index contributed by atoms with van der Waals surface area (Å²) in [4.78, 5) is 4.66. The Kier molecular flexibility index (Phi) is 5.60. The lowest BCUT2D eigenvalue weighted by Gasteiger charge is -2.28. The molecule has 6 heteroatoms. The van der Waals surface area contributed by atoms with Crippen molar-refractivity contribution in [3.8, 4) is 0 Å². The van der Waals surface area contributed by atoms with Gasteiger partial charge in [0.05, 0.1) is 18.2 Å². The summed E-state index contributed by atoms with van der Waals surface area (Å²) in [5.41, 5.74) is 4.29. The predicted molar refractivity (Wildman–Crippen MR) is 111 cm³/mol. The second kappa shape index (κ2) is 7.76. The molecule has 5 nitrogen and oxygen atoms in total. The molecular formula is C21H25N3O2S. The van der Waals surface area contributed by atoms with Crippen LogP contribution in [-0.2, 0) is 0 Å². The van der Waals surface area contributed by atoms with Crippen molar-refractivity contribution in [2.75, 3.05) is 12.0 Å². The SMILES string of the molecule is CC(C)(C)[C@H](O)c1nc2ccccc2c(=S)n1NC[C@@H](O)c1ccccc1. The van der Waals surface area contributed by atoms with E-state index in [1.165, 1.54) is 0 Å². The molecular weight excluding hydrogens is 358 g/mol. The average Bonchev–Trinajstić information content (AvgIpc) is 2.66. The molecule has 0 fully saturated rings. The van der Waals surface area contributed by atoms with Gasteiger partial charge >= 0.3 is 0 Å². The number of hydrogen-bond donors (Lipinski definition) is 3. The Balaban J connectivity index is 2.01. The predicted octanol–water partition coefficient (Wildman–Crippen LogP) is 4.12. The molecule has 3 aromatic rings. The van der Waals surface area contributed by atoms with E-state index < -0.39 is 17.6 Å². The van der Waals surface area contributed by atoms with E-state index in [-0.39, 0.29) is 6.54 Å². The first-order valence-corrected chi connectivity index (χ1v) is 9.36. The van der Waals surface area contributed by atoms with Gasteiger partial charge in [-0.2, -0.15) is 0 Å². The van der Waals surface area contributed by atoms with Crippen molar-refractivity contribution in [3.05, 3.63) is 70.6 Å². The Morgan fingerprint density at radius 1 is 1.04 bits per heavy atom. The molecule has 0 aliphatic heterocycles. The lowest BCUT2D eigenvalue weighted by molar-refractivity contribution is 0.0517. The molecule has 1 heterocycles. The van der Waals surface area contributed by atoms with Gasteiger partial charge in [-0.3, -0.25) is 0 Å². The largest absolute Gasteiger partial charge is 0.387 e. The van der Waals surface area contributed by atoms with E-state index in [4.69, 9.17) is 12.2 Å². The van der Waals surface area contributed by atoms with Gasteiger partial charge in [0.1, 0.15) is 10.7 Å². The van der Waals surface area contributed by atoms with E-state index in [0.29, 0.717) is 10.5 Å². The summed E-state index contributed by atoms with van der Waals surface area (Å²) in [5.74, 6) is 0.437. The fraction of sp³-hybridized carbons (Fsp3) is 0.333. The van der Waals surface area contributed by atoms with Crippen LogP contribution >= 0.6 is 12.2 Å². The van der Waals surface area contributed by atoms with Gasteiger partial charge in [-0.15, -0.1) is 0 Å². The summed E-state index contributed by atoms with van der Waals surface area (Å²) in [6.07, 6.45) is -1.54. The second-order valence-electron chi connectivity index (χ2n) is 7.68. The minimum Gasteiger partial charge on any atom is -0.387 e. The van der Waals surface area contributed by atoms with Crippen LogP contribution < -0.4 is 5.43 Å². The van der Waals surface area contributed by atoms with Crippen LogP contribution in [0.4, 0.5) is 0 Å². The fourth-order valence-electron chi connectivity index (χ4n) is 2.84. The molecule has 0 saturated carbocycles. The van der Waals surface area contributed by atoms with Gasteiger partial charge in [0, 0.05) is 5.39 Å². The summed E-state index contributed by atoms with van der Waals surface area (Å²) in [6.45, 7) is 6.07. The molecule has 142 valence electrons. The number of nitrogens with zero attached hydrogens (tertiary/aromatic N) is 2. The van der Waals surface area contributed by atoms with E-state index in [1.54, 1.807) is 4.68 Å². The van der Waals surface area contributed by atoms with E-state index in [0.717, 1.165) is 16.5 Å². The van der Waals surface area contributed by atoms with E-state index >= 15 is 0 Å². The van der Waals surface area contributed by atoms with Gasteiger partial charge in [-0.25, -0.2) is 9.66 Å². The Labute approximate surface area is 164 Å². The molecule has 0 spiro atoms. The van der Waals surface area contributed by atoms with Crippen molar-refractivity contribution in [1.29, 1.82) is 0 Å². The number of aliphatic hydroxyl groups is 2. The minimum absolute atomic E-state index is 0.238. The standard InChI is InChI=1S/C21H25N3O2S/c1-21(2,3)18(26)19-23-16-12-8-7-11-15(16)20(27)24(19)22-13-17(25)14-9-5-4-6-10-14/h4-12,17-18,22,25-26H,13H2,1-3H3/t17-,18-/m1/s1. The number of para-hydroxylation sites is 1. The van der Waals surface area contributed by atoms with E-state index in [9.17, 15) is 10.2 Å². The van der Waals surface area contributed by atoms with Crippen LogP contribution in [0, 0.1) is 10.1 Å². The molecule has 0 radical (unpaired) electrons. The van der Waals surface area contributed by atoms with Crippen molar-refractivity contribution in [3.63, 3.8) is 0 Å². The number of aliphatic hydroxyl groups excluding tert-OH is 2. The number of fused-ring (bicyclic) bond motifs is 1. The maximum absolute atomic E-state index is 10.9. The third-order valence-electron chi connectivity index (χ3n) is 4.49. The molecule has 2 aromatic carbocycles.